The van der Waals surface area contributed by atoms with Crippen molar-refractivity contribution in [1.82, 2.24) is 4.90 Å². The summed E-state index contributed by atoms with van der Waals surface area (Å²) in [5.41, 5.74) is 4.62. The van der Waals surface area contributed by atoms with Crippen molar-refractivity contribution < 1.29 is 9.21 Å². The first-order valence-electron chi connectivity index (χ1n) is 8.15. The Bertz CT molecular complexity index is 725. The second kappa shape index (κ2) is 6.11. The number of amides is 1. The van der Waals surface area contributed by atoms with Gasteiger partial charge in [0.05, 0.1) is 5.56 Å². The van der Waals surface area contributed by atoms with Gasteiger partial charge >= 0.3 is 0 Å². The quantitative estimate of drug-likeness (QED) is 0.852. The largest absolute Gasteiger partial charge is 0.466 e. The molecule has 1 aromatic carbocycles. The van der Waals surface area contributed by atoms with Gasteiger partial charge in [-0.05, 0) is 51.0 Å². The molecular weight excluding hydrogens is 288 g/mol. The summed E-state index contributed by atoms with van der Waals surface area (Å²) < 4.78 is 5.49. The number of anilines is 1. The first-order chi connectivity index (χ1) is 11.0. The summed E-state index contributed by atoms with van der Waals surface area (Å²) in [6.07, 6.45) is 0. The molecule has 4 heteroatoms. The summed E-state index contributed by atoms with van der Waals surface area (Å²) in [5, 5.41) is 0. The molecule has 3 rings (SSSR count). The van der Waals surface area contributed by atoms with Crippen LogP contribution >= 0.6 is 0 Å². The molecule has 2 heterocycles. The third-order valence-electron chi connectivity index (χ3n) is 4.75. The number of carbonyl (C=O) groups excluding carboxylic acids is 1. The fourth-order valence-corrected chi connectivity index (χ4v) is 3.24. The lowest BCUT2D eigenvalue weighted by atomic mass is 10.1. The van der Waals surface area contributed by atoms with Crippen molar-refractivity contribution in [3.8, 4) is 0 Å². The number of nitrogens with zero attached hydrogens (tertiary/aromatic N) is 2. The number of benzene rings is 1. The maximum atomic E-state index is 12.6. The number of aryl methyl sites for hydroxylation is 3. The van der Waals surface area contributed by atoms with Crippen molar-refractivity contribution in [2.75, 3.05) is 31.1 Å². The van der Waals surface area contributed by atoms with Crippen LogP contribution in [0.4, 0.5) is 5.69 Å². The minimum absolute atomic E-state index is 0.0833. The van der Waals surface area contributed by atoms with Gasteiger partial charge in [0.1, 0.15) is 11.5 Å². The molecule has 1 saturated heterocycles. The van der Waals surface area contributed by atoms with E-state index < -0.39 is 0 Å². The van der Waals surface area contributed by atoms with Crippen molar-refractivity contribution >= 4 is 11.6 Å². The number of hydrogen-bond acceptors (Lipinski definition) is 3. The fourth-order valence-electron chi connectivity index (χ4n) is 3.24. The van der Waals surface area contributed by atoms with E-state index in [1.807, 2.05) is 24.8 Å². The van der Waals surface area contributed by atoms with Crippen molar-refractivity contribution in [2.45, 2.75) is 27.7 Å². The van der Waals surface area contributed by atoms with E-state index in [0.29, 0.717) is 11.3 Å². The minimum Gasteiger partial charge on any atom is -0.466 e. The summed E-state index contributed by atoms with van der Waals surface area (Å²) in [6.45, 7) is 11.3. The first kappa shape index (κ1) is 15.7. The van der Waals surface area contributed by atoms with Crippen LogP contribution in [0.2, 0.25) is 0 Å². The molecule has 23 heavy (non-hydrogen) atoms. The second-order valence-electron chi connectivity index (χ2n) is 6.33. The lowest BCUT2D eigenvalue weighted by Crippen LogP contribution is -2.49. The zero-order valence-electron chi connectivity index (χ0n) is 14.3. The maximum absolute atomic E-state index is 12.6. The third kappa shape index (κ3) is 2.98. The maximum Gasteiger partial charge on any atom is 0.257 e. The Balaban J connectivity index is 1.70. The molecule has 4 nitrogen and oxygen atoms in total. The van der Waals surface area contributed by atoms with Crippen LogP contribution in [0.1, 0.15) is 33.0 Å². The number of furan rings is 1. The summed E-state index contributed by atoms with van der Waals surface area (Å²) in [5.74, 6) is 1.59. The lowest BCUT2D eigenvalue weighted by molar-refractivity contribution is 0.0745. The van der Waals surface area contributed by atoms with Gasteiger partial charge < -0.3 is 14.2 Å². The smallest absolute Gasteiger partial charge is 0.257 e. The first-order valence-corrected chi connectivity index (χ1v) is 8.15. The predicted octanol–water partition coefficient (Wildman–Crippen LogP) is 3.48. The Morgan fingerprint density at radius 2 is 1.74 bits per heavy atom. The van der Waals surface area contributed by atoms with E-state index in [1.54, 1.807) is 0 Å². The second-order valence-corrected chi connectivity index (χ2v) is 6.33. The van der Waals surface area contributed by atoms with Crippen LogP contribution in [-0.4, -0.2) is 37.0 Å². The van der Waals surface area contributed by atoms with Gasteiger partial charge in [0.25, 0.3) is 5.91 Å². The summed E-state index contributed by atoms with van der Waals surface area (Å²) in [6, 6.07) is 8.26. The van der Waals surface area contributed by atoms with Crippen LogP contribution in [0.5, 0.6) is 0 Å². The molecule has 0 spiro atoms. The molecule has 1 amide bonds. The van der Waals surface area contributed by atoms with E-state index in [9.17, 15) is 4.79 Å². The Kier molecular flexibility index (Phi) is 4.16. The van der Waals surface area contributed by atoms with Crippen LogP contribution in [-0.2, 0) is 0 Å². The molecule has 0 unspecified atom stereocenters. The van der Waals surface area contributed by atoms with Gasteiger partial charge in [-0.25, -0.2) is 0 Å². The minimum atomic E-state index is 0.0833. The molecule has 0 aliphatic carbocycles. The van der Waals surface area contributed by atoms with Crippen LogP contribution in [0.3, 0.4) is 0 Å². The molecule has 1 aliphatic rings. The van der Waals surface area contributed by atoms with E-state index in [2.05, 4.69) is 36.9 Å². The summed E-state index contributed by atoms with van der Waals surface area (Å²) in [4.78, 5) is 16.9. The highest BCUT2D eigenvalue weighted by molar-refractivity contribution is 5.95. The van der Waals surface area contributed by atoms with E-state index >= 15 is 0 Å². The molecular formula is C19H24N2O2. The van der Waals surface area contributed by atoms with E-state index in [1.165, 1.54) is 16.8 Å². The topological polar surface area (TPSA) is 36.7 Å². The number of piperazine rings is 1. The van der Waals surface area contributed by atoms with Gasteiger partial charge in [0, 0.05) is 31.9 Å². The molecule has 122 valence electrons. The average molecular weight is 312 g/mol. The summed E-state index contributed by atoms with van der Waals surface area (Å²) >= 11 is 0. The molecule has 0 saturated carbocycles. The van der Waals surface area contributed by atoms with Crippen LogP contribution in [0.25, 0.3) is 0 Å². The SMILES string of the molecule is Cc1cc(C(=O)N2CCN(c3cccc(C)c3C)CC2)c(C)o1. The number of carbonyl (C=O) groups is 1. The van der Waals surface area contributed by atoms with Crippen molar-refractivity contribution in [2.24, 2.45) is 0 Å². The molecule has 0 N–H and O–H groups in total. The van der Waals surface area contributed by atoms with E-state index in [4.69, 9.17) is 4.42 Å². The van der Waals surface area contributed by atoms with Gasteiger partial charge in [0.15, 0.2) is 0 Å². The highest BCUT2D eigenvalue weighted by Gasteiger charge is 2.25. The average Bonchev–Trinajstić information content (AvgIpc) is 2.88. The molecule has 0 bridgehead atoms. The van der Waals surface area contributed by atoms with Crippen molar-refractivity contribution in [1.29, 1.82) is 0 Å². The van der Waals surface area contributed by atoms with Crippen LogP contribution < -0.4 is 4.90 Å². The van der Waals surface area contributed by atoms with Gasteiger partial charge in [-0.15, -0.1) is 0 Å². The third-order valence-corrected chi connectivity index (χ3v) is 4.75. The Hall–Kier alpha value is -2.23. The lowest BCUT2D eigenvalue weighted by Gasteiger charge is -2.37. The standard InChI is InChI=1S/C19H24N2O2/c1-13-6-5-7-18(15(13)3)20-8-10-21(11-9-20)19(22)17-12-14(2)23-16(17)4/h5-7,12H,8-11H2,1-4H3. The molecule has 1 fully saturated rings. The van der Waals surface area contributed by atoms with Crippen molar-refractivity contribution in [3.05, 3.63) is 52.5 Å². The highest BCUT2D eigenvalue weighted by Crippen LogP contribution is 2.24. The zero-order valence-corrected chi connectivity index (χ0v) is 14.3. The molecule has 1 aliphatic heterocycles. The van der Waals surface area contributed by atoms with Gasteiger partial charge in [-0.2, -0.15) is 0 Å². The Morgan fingerprint density at radius 1 is 1.04 bits per heavy atom. The van der Waals surface area contributed by atoms with Gasteiger partial charge in [0.2, 0.25) is 0 Å². The normalized spacial score (nSPS) is 15.1. The predicted molar refractivity (Wildman–Crippen MR) is 92.2 cm³/mol. The Labute approximate surface area is 137 Å². The van der Waals surface area contributed by atoms with E-state index in [0.717, 1.165) is 31.9 Å². The molecule has 1 aromatic heterocycles. The Morgan fingerprint density at radius 3 is 2.35 bits per heavy atom. The zero-order chi connectivity index (χ0) is 16.6. The molecule has 2 aromatic rings. The molecule has 0 atom stereocenters. The van der Waals surface area contributed by atoms with Crippen molar-refractivity contribution in [3.63, 3.8) is 0 Å². The monoisotopic (exact) mass is 312 g/mol. The van der Waals surface area contributed by atoms with Gasteiger partial charge in [-0.3, -0.25) is 4.79 Å². The van der Waals surface area contributed by atoms with Crippen LogP contribution in [0, 0.1) is 27.7 Å². The van der Waals surface area contributed by atoms with Gasteiger partial charge in [-0.1, -0.05) is 12.1 Å². The molecule has 0 radical (unpaired) electrons. The highest BCUT2D eigenvalue weighted by atomic mass is 16.3. The van der Waals surface area contributed by atoms with Crippen LogP contribution in [0.15, 0.2) is 28.7 Å². The fraction of sp³-hybridized carbons (Fsp3) is 0.421. The van der Waals surface area contributed by atoms with E-state index in [-0.39, 0.29) is 5.91 Å². The number of hydrogen-bond donors (Lipinski definition) is 0. The summed E-state index contributed by atoms with van der Waals surface area (Å²) in [7, 11) is 0. The number of rotatable bonds is 2.